The monoisotopic (exact) mass is 304 g/mol. The molecule has 6 nitrogen and oxygen atoms in total. The first-order chi connectivity index (χ1) is 10.5. The van der Waals surface area contributed by atoms with E-state index < -0.39 is 5.54 Å². The van der Waals surface area contributed by atoms with Crippen molar-refractivity contribution in [1.29, 1.82) is 0 Å². The zero-order chi connectivity index (χ0) is 16.2. The number of aliphatic hydroxyl groups is 1. The zero-order valence-corrected chi connectivity index (χ0v) is 13.3. The van der Waals surface area contributed by atoms with Crippen molar-refractivity contribution in [2.24, 2.45) is 0 Å². The van der Waals surface area contributed by atoms with Gasteiger partial charge in [-0.05, 0) is 32.4 Å². The number of nitrogens with zero attached hydrogens (tertiary/aromatic N) is 1. The second-order valence-corrected chi connectivity index (χ2v) is 5.93. The summed E-state index contributed by atoms with van der Waals surface area (Å²) in [6.07, 6.45) is 1.60. The fourth-order valence-electron chi connectivity index (χ4n) is 2.49. The molecule has 4 N–H and O–H groups in total. The summed E-state index contributed by atoms with van der Waals surface area (Å²) in [6.45, 7) is 5.63. The van der Waals surface area contributed by atoms with Crippen LogP contribution >= 0.6 is 0 Å². The standard InChI is InChI=1S/C16H24N4O2/c1-4-9-16(3,10-21)20-15(22)17-11(2)14-18-12-7-5-6-8-13(12)19-14/h5-8,11,21H,4,9-10H2,1-3H3,(H,18,19)(H2,17,20,22). The molecule has 0 fully saturated rings. The van der Waals surface area contributed by atoms with Crippen LogP contribution in [0.5, 0.6) is 0 Å². The lowest BCUT2D eigenvalue weighted by atomic mass is 9.98. The quantitative estimate of drug-likeness (QED) is 0.661. The molecule has 1 aromatic carbocycles. The number of H-pyrrole nitrogens is 1. The molecule has 0 aliphatic carbocycles. The van der Waals surface area contributed by atoms with Gasteiger partial charge in [-0.1, -0.05) is 25.5 Å². The highest BCUT2D eigenvalue weighted by Crippen LogP contribution is 2.16. The molecular weight excluding hydrogens is 280 g/mol. The number of carbonyl (C=O) groups is 1. The first-order valence-electron chi connectivity index (χ1n) is 7.61. The number of fused-ring (bicyclic) bond motifs is 1. The van der Waals surface area contributed by atoms with Crippen LogP contribution in [-0.4, -0.2) is 33.3 Å². The van der Waals surface area contributed by atoms with Crippen molar-refractivity contribution < 1.29 is 9.90 Å². The Hall–Kier alpha value is -2.08. The van der Waals surface area contributed by atoms with E-state index >= 15 is 0 Å². The lowest BCUT2D eigenvalue weighted by molar-refractivity contribution is 0.162. The highest BCUT2D eigenvalue weighted by molar-refractivity contribution is 5.76. The normalized spacial score (nSPS) is 15.3. The molecule has 2 amide bonds. The van der Waals surface area contributed by atoms with Crippen molar-refractivity contribution in [1.82, 2.24) is 20.6 Å². The van der Waals surface area contributed by atoms with E-state index in [-0.39, 0.29) is 18.7 Å². The average molecular weight is 304 g/mol. The number of amides is 2. The number of aromatic nitrogens is 2. The number of urea groups is 1. The Balaban J connectivity index is 2.01. The maximum absolute atomic E-state index is 12.1. The molecule has 0 saturated carbocycles. The van der Waals surface area contributed by atoms with Gasteiger partial charge in [0.05, 0.1) is 29.2 Å². The topological polar surface area (TPSA) is 90.0 Å². The fourth-order valence-corrected chi connectivity index (χ4v) is 2.49. The van der Waals surface area contributed by atoms with Crippen molar-refractivity contribution in [2.45, 2.75) is 45.2 Å². The SMILES string of the molecule is CCCC(C)(CO)NC(=O)NC(C)c1nc2ccccc2[nH]1. The Labute approximate surface area is 130 Å². The van der Waals surface area contributed by atoms with Crippen LogP contribution in [-0.2, 0) is 0 Å². The van der Waals surface area contributed by atoms with Crippen molar-refractivity contribution in [2.75, 3.05) is 6.61 Å². The first kappa shape index (κ1) is 16.3. The Bertz CT molecular complexity index is 607. The minimum absolute atomic E-state index is 0.0900. The zero-order valence-electron chi connectivity index (χ0n) is 13.3. The number of aromatic amines is 1. The third-order valence-electron chi connectivity index (χ3n) is 3.73. The number of carbonyl (C=O) groups excluding carboxylic acids is 1. The summed E-state index contributed by atoms with van der Waals surface area (Å²) in [5, 5.41) is 15.1. The van der Waals surface area contributed by atoms with Gasteiger partial charge in [0.2, 0.25) is 0 Å². The molecule has 2 aromatic rings. The number of hydrogen-bond donors (Lipinski definition) is 4. The largest absolute Gasteiger partial charge is 0.394 e. The Morgan fingerprint density at radius 1 is 1.45 bits per heavy atom. The summed E-state index contributed by atoms with van der Waals surface area (Å²) < 4.78 is 0. The minimum atomic E-state index is -0.605. The van der Waals surface area contributed by atoms with E-state index in [9.17, 15) is 9.90 Å². The van der Waals surface area contributed by atoms with E-state index in [0.29, 0.717) is 5.82 Å². The predicted molar refractivity (Wildman–Crippen MR) is 86.6 cm³/mol. The van der Waals surface area contributed by atoms with E-state index in [1.807, 2.05) is 45.0 Å². The highest BCUT2D eigenvalue weighted by atomic mass is 16.3. The van der Waals surface area contributed by atoms with Gasteiger partial charge in [-0.3, -0.25) is 0 Å². The molecule has 0 spiro atoms. The van der Waals surface area contributed by atoms with Gasteiger partial charge in [0.1, 0.15) is 5.82 Å². The van der Waals surface area contributed by atoms with Gasteiger partial charge < -0.3 is 20.7 Å². The van der Waals surface area contributed by atoms with Gasteiger partial charge in [-0.25, -0.2) is 9.78 Å². The molecule has 1 aromatic heterocycles. The average Bonchev–Trinajstić information content (AvgIpc) is 2.91. The van der Waals surface area contributed by atoms with E-state index in [2.05, 4.69) is 20.6 Å². The van der Waals surface area contributed by atoms with Gasteiger partial charge in [0.25, 0.3) is 0 Å². The van der Waals surface area contributed by atoms with Gasteiger partial charge in [0.15, 0.2) is 0 Å². The third kappa shape index (κ3) is 3.76. The van der Waals surface area contributed by atoms with Crippen LogP contribution < -0.4 is 10.6 Å². The van der Waals surface area contributed by atoms with Crippen LogP contribution in [0, 0.1) is 0 Å². The molecule has 0 saturated heterocycles. The van der Waals surface area contributed by atoms with E-state index in [4.69, 9.17) is 0 Å². The molecule has 22 heavy (non-hydrogen) atoms. The van der Waals surface area contributed by atoms with Crippen LogP contribution in [0.4, 0.5) is 4.79 Å². The number of nitrogens with one attached hydrogen (secondary N) is 3. The van der Waals surface area contributed by atoms with E-state index in [1.54, 1.807) is 0 Å². The molecule has 0 aliphatic rings. The second-order valence-electron chi connectivity index (χ2n) is 5.93. The number of rotatable bonds is 6. The summed E-state index contributed by atoms with van der Waals surface area (Å²) >= 11 is 0. The summed E-state index contributed by atoms with van der Waals surface area (Å²) in [6, 6.07) is 7.17. The molecule has 0 radical (unpaired) electrons. The van der Waals surface area contributed by atoms with Crippen LogP contribution in [0.3, 0.4) is 0 Å². The van der Waals surface area contributed by atoms with Gasteiger partial charge in [-0.2, -0.15) is 0 Å². The summed E-state index contributed by atoms with van der Waals surface area (Å²) in [5.41, 5.74) is 1.21. The Kier molecular flexibility index (Phi) is 5.03. The van der Waals surface area contributed by atoms with Crippen molar-refractivity contribution in [3.05, 3.63) is 30.1 Å². The number of imidazole rings is 1. The number of aliphatic hydroxyl groups excluding tert-OH is 1. The molecule has 2 rings (SSSR count). The number of para-hydroxylation sites is 2. The van der Waals surface area contributed by atoms with Gasteiger partial charge in [0, 0.05) is 0 Å². The molecule has 0 bridgehead atoms. The van der Waals surface area contributed by atoms with Crippen LogP contribution in [0.15, 0.2) is 24.3 Å². The van der Waals surface area contributed by atoms with Crippen molar-refractivity contribution in [3.8, 4) is 0 Å². The van der Waals surface area contributed by atoms with E-state index in [1.165, 1.54) is 0 Å². The van der Waals surface area contributed by atoms with Crippen LogP contribution in [0.2, 0.25) is 0 Å². The maximum Gasteiger partial charge on any atom is 0.315 e. The molecule has 120 valence electrons. The molecule has 1 heterocycles. The van der Waals surface area contributed by atoms with Crippen LogP contribution in [0.1, 0.15) is 45.5 Å². The fraction of sp³-hybridized carbons (Fsp3) is 0.500. The number of hydrogen-bond acceptors (Lipinski definition) is 3. The Morgan fingerprint density at radius 2 is 2.18 bits per heavy atom. The third-order valence-corrected chi connectivity index (χ3v) is 3.73. The molecule has 6 heteroatoms. The molecule has 2 atom stereocenters. The summed E-state index contributed by atoms with van der Waals surface area (Å²) in [7, 11) is 0. The molecular formula is C16H24N4O2. The second kappa shape index (κ2) is 6.79. The highest BCUT2D eigenvalue weighted by Gasteiger charge is 2.25. The van der Waals surface area contributed by atoms with Gasteiger partial charge in [-0.15, -0.1) is 0 Å². The Morgan fingerprint density at radius 3 is 2.82 bits per heavy atom. The predicted octanol–water partition coefficient (Wildman–Crippen LogP) is 2.47. The van der Waals surface area contributed by atoms with Gasteiger partial charge >= 0.3 is 6.03 Å². The molecule has 2 unspecified atom stereocenters. The maximum atomic E-state index is 12.1. The smallest absolute Gasteiger partial charge is 0.315 e. The van der Waals surface area contributed by atoms with E-state index in [0.717, 1.165) is 23.9 Å². The summed E-state index contributed by atoms with van der Waals surface area (Å²) in [5.74, 6) is 0.706. The first-order valence-corrected chi connectivity index (χ1v) is 7.61. The molecule has 0 aliphatic heterocycles. The van der Waals surface area contributed by atoms with Crippen LogP contribution in [0.25, 0.3) is 11.0 Å². The lowest BCUT2D eigenvalue weighted by Crippen LogP contribution is -2.52. The minimum Gasteiger partial charge on any atom is -0.394 e. The summed E-state index contributed by atoms with van der Waals surface area (Å²) in [4.78, 5) is 19.8. The van der Waals surface area contributed by atoms with Crippen molar-refractivity contribution >= 4 is 17.1 Å². The lowest BCUT2D eigenvalue weighted by Gasteiger charge is -2.29. The number of benzene rings is 1. The van der Waals surface area contributed by atoms with Crippen molar-refractivity contribution in [3.63, 3.8) is 0 Å².